The molecule has 0 atom stereocenters. The summed E-state index contributed by atoms with van der Waals surface area (Å²) in [6.07, 6.45) is 2.96. The summed E-state index contributed by atoms with van der Waals surface area (Å²) in [6.45, 7) is 1.86. The number of ketones is 1. The molecule has 19 heavy (non-hydrogen) atoms. The Morgan fingerprint density at radius 3 is 2.84 bits per heavy atom. The molecule has 0 spiro atoms. The van der Waals surface area contributed by atoms with Crippen molar-refractivity contribution in [2.75, 3.05) is 0 Å². The smallest absolute Gasteiger partial charge is 0.192 e. The zero-order valence-corrected chi connectivity index (χ0v) is 11.0. The lowest BCUT2D eigenvalue weighted by Gasteiger charge is -1.97. The van der Waals surface area contributed by atoms with E-state index in [4.69, 9.17) is 0 Å². The van der Waals surface area contributed by atoms with E-state index >= 15 is 0 Å². The largest absolute Gasteiger partial charge is 0.289 e. The summed E-state index contributed by atoms with van der Waals surface area (Å²) >= 11 is 1.22. The van der Waals surface area contributed by atoms with Gasteiger partial charge in [0.05, 0.1) is 5.56 Å². The summed E-state index contributed by atoms with van der Waals surface area (Å²) in [5, 5.41) is 2.11. The van der Waals surface area contributed by atoms with Crippen molar-refractivity contribution >= 4 is 17.5 Å². The fraction of sp³-hybridized carbons (Fsp3) is 0.0714. The van der Waals surface area contributed by atoms with Gasteiger partial charge in [-0.3, -0.25) is 4.79 Å². The van der Waals surface area contributed by atoms with Crippen molar-refractivity contribution < 1.29 is 9.18 Å². The summed E-state index contributed by atoms with van der Waals surface area (Å²) < 4.78 is 13.4. The van der Waals surface area contributed by atoms with E-state index in [1.807, 2.05) is 6.92 Å². The lowest BCUT2D eigenvalue weighted by atomic mass is 10.1. The Hall–Kier alpha value is -2.01. The Morgan fingerprint density at radius 1 is 1.32 bits per heavy atom. The third kappa shape index (κ3) is 3.72. The number of carbonyl (C=O) groups is 1. The van der Waals surface area contributed by atoms with Crippen LogP contribution in [-0.2, 0) is 0 Å². The second-order valence-electron chi connectivity index (χ2n) is 3.75. The average Bonchev–Trinajstić information content (AvgIpc) is 2.39. The second kappa shape index (κ2) is 6.24. The van der Waals surface area contributed by atoms with E-state index in [9.17, 15) is 9.18 Å². The van der Waals surface area contributed by atoms with Crippen LogP contribution in [0.3, 0.4) is 0 Å². The number of hydrogen-bond acceptors (Lipinski definition) is 4. The second-order valence-corrected chi connectivity index (χ2v) is 4.62. The van der Waals surface area contributed by atoms with Gasteiger partial charge in [0.2, 0.25) is 0 Å². The van der Waals surface area contributed by atoms with Crippen LogP contribution in [0, 0.1) is 12.7 Å². The first-order valence-corrected chi connectivity index (χ1v) is 6.46. The minimum Gasteiger partial charge on any atom is -0.289 e. The van der Waals surface area contributed by atoms with Crippen LogP contribution in [-0.4, -0.2) is 15.8 Å². The summed E-state index contributed by atoms with van der Waals surface area (Å²) in [7, 11) is 0. The molecule has 2 aromatic rings. The highest BCUT2D eigenvalue weighted by Gasteiger charge is 2.07. The van der Waals surface area contributed by atoms with E-state index in [2.05, 4.69) is 9.97 Å². The van der Waals surface area contributed by atoms with E-state index in [1.54, 1.807) is 29.8 Å². The van der Waals surface area contributed by atoms with Gasteiger partial charge in [-0.25, -0.2) is 14.4 Å². The van der Waals surface area contributed by atoms with Crippen molar-refractivity contribution in [2.24, 2.45) is 0 Å². The monoisotopic (exact) mass is 274 g/mol. The first-order chi connectivity index (χ1) is 9.16. The van der Waals surface area contributed by atoms with Gasteiger partial charge in [-0.05, 0) is 36.6 Å². The number of thioether (sulfide) groups is 1. The van der Waals surface area contributed by atoms with Gasteiger partial charge in [0.15, 0.2) is 10.9 Å². The Labute approximate surface area is 114 Å². The highest BCUT2D eigenvalue weighted by molar-refractivity contribution is 8.02. The minimum absolute atomic E-state index is 0.0597. The van der Waals surface area contributed by atoms with Gasteiger partial charge >= 0.3 is 0 Å². The molecule has 0 saturated heterocycles. The van der Waals surface area contributed by atoms with Crippen molar-refractivity contribution in [2.45, 2.75) is 12.1 Å². The maximum atomic E-state index is 13.4. The van der Waals surface area contributed by atoms with Crippen LogP contribution >= 0.6 is 11.8 Å². The molecule has 0 amide bonds. The molecule has 0 unspecified atom stereocenters. The van der Waals surface area contributed by atoms with Gasteiger partial charge in [0.1, 0.15) is 5.82 Å². The van der Waals surface area contributed by atoms with E-state index in [0.29, 0.717) is 5.16 Å². The predicted molar refractivity (Wildman–Crippen MR) is 72.5 cm³/mol. The van der Waals surface area contributed by atoms with Crippen molar-refractivity contribution in [1.82, 2.24) is 9.97 Å². The molecular formula is C14H11FN2OS. The van der Waals surface area contributed by atoms with Crippen molar-refractivity contribution in [3.05, 3.63) is 65.1 Å². The van der Waals surface area contributed by atoms with Crippen LogP contribution in [0.5, 0.6) is 0 Å². The molecule has 0 aliphatic heterocycles. The van der Waals surface area contributed by atoms with Gasteiger partial charge in [0, 0.05) is 11.9 Å². The van der Waals surface area contributed by atoms with E-state index in [-0.39, 0.29) is 11.3 Å². The number of aryl methyl sites for hydroxylation is 1. The van der Waals surface area contributed by atoms with Gasteiger partial charge in [0.25, 0.3) is 0 Å². The third-order valence-corrected chi connectivity index (χ3v) is 2.98. The zero-order chi connectivity index (χ0) is 13.7. The lowest BCUT2D eigenvalue weighted by molar-refractivity contribution is 0.104. The number of allylic oxidation sites excluding steroid dienone is 1. The quantitative estimate of drug-likeness (QED) is 0.371. The summed E-state index contributed by atoms with van der Waals surface area (Å²) in [6, 6.07) is 7.68. The molecule has 1 heterocycles. The van der Waals surface area contributed by atoms with Crippen molar-refractivity contribution in [3.8, 4) is 0 Å². The lowest BCUT2D eigenvalue weighted by Crippen LogP contribution is -1.97. The first kappa shape index (κ1) is 13.4. The average molecular weight is 274 g/mol. The maximum Gasteiger partial charge on any atom is 0.192 e. The Kier molecular flexibility index (Phi) is 4.41. The maximum absolute atomic E-state index is 13.4. The SMILES string of the molecule is Cc1ccnc(S/C=C/C(=O)c2ccccc2F)n1. The predicted octanol–water partition coefficient (Wildman–Crippen LogP) is 3.41. The molecule has 0 N–H and O–H groups in total. The van der Waals surface area contributed by atoms with Crippen molar-refractivity contribution in [1.29, 1.82) is 0 Å². The molecule has 3 nitrogen and oxygen atoms in total. The Morgan fingerprint density at radius 2 is 2.11 bits per heavy atom. The standard InChI is InChI=1S/C14H11FN2OS/c1-10-6-8-16-14(17-10)19-9-7-13(18)11-4-2-3-5-12(11)15/h2-9H,1H3/b9-7+. The van der Waals surface area contributed by atoms with Crippen molar-refractivity contribution in [3.63, 3.8) is 0 Å². The molecule has 0 bridgehead atoms. The zero-order valence-electron chi connectivity index (χ0n) is 10.2. The number of nitrogens with zero attached hydrogens (tertiary/aromatic N) is 2. The van der Waals surface area contributed by atoms with Crippen LogP contribution < -0.4 is 0 Å². The van der Waals surface area contributed by atoms with Gasteiger partial charge < -0.3 is 0 Å². The number of halogens is 1. The molecule has 2 rings (SSSR count). The van der Waals surface area contributed by atoms with Crippen LogP contribution in [0.25, 0.3) is 0 Å². The van der Waals surface area contributed by atoms with Crippen LogP contribution in [0.15, 0.2) is 53.2 Å². The summed E-state index contributed by atoms with van der Waals surface area (Å²) in [5.74, 6) is -0.896. The number of rotatable bonds is 4. The number of aromatic nitrogens is 2. The van der Waals surface area contributed by atoms with Crippen LogP contribution in [0.2, 0.25) is 0 Å². The van der Waals surface area contributed by atoms with E-state index in [0.717, 1.165) is 5.69 Å². The highest BCUT2D eigenvalue weighted by atomic mass is 32.2. The molecule has 5 heteroatoms. The molecular weight excluding hydrogens is 263 g/mol. The molecule has 0 radical (unpaired) electrons. The molecule has 0 aliphatic rings. The van der Waals surface area contributed by atoms with Gasteiger partial charge in [-0.1, -0.05) is 23.9 Å². The Balaban J connectivity index is 2.04. The fourth-order valence-electron chi connectivity index (χ4n) is 1.39. The first-order valence-electron chi connectivity index (χ1n) is 5.58. The summed E-state index contributed by atoms with van der Waals surface area (Å²) in [4.78, 5) is 20.0. The number of hydrogen-bond donors (Lipinski definition) is 0. The van der Waals surface area contributed by atoms with E-state index in [1.165, 1.54) is 30.0 Å². The molecule has 0 saturated carbocycles. The third-order valence-electron chi connectivity index (χ3n) is 2.30. The number of benzene rings is 1. The normalized spacial score (nSPS) is 10.8. The summed E-state index contributed by atoms with van der Waals surface area (Å²) in [5.41, 5.74) is 0.913. The molecule has 0 fully saturated rings. The Bertz CT molecular complexity index is 628. The fourth-order valence-corrected chi connectivity index (χ4v) is 2.02. The van der Waals surface area contributed by atoms with Gasteiger partial charge in [-0.15, -0.1) is 0 Å². The minimum atomic E-state index is -0.519. The molecule has 96 valence electrons. The topological polar surface area (TPSA) is 42.9 Å². The molecule has 0 aliphatic carbocycles. The van der Waals surface area contributed by atoms with Gasteiger partial charge in [-0.2, -0.15) is 0 Å². The molecule has 1 aromatic heterocycles. The van der Waals surface area contributed by atoms with E-state index < -0.39 is 5.82 Å². The number of carbonyl (C=O) groups excluding carboxylic acids is 1. The van der Waals surface area contributed by atoms with Crippen LogP contribution in [0.4, 0.5) is 4.39 Å². The highest BCUT2D eigenvalue weighted by Crippen LogP contribution is 2.15. The molecule has 1 aromatic carbocycles. The van der Waals surface area contributed by atoms with Crippen LogP contribution in [0.1, 0.15) is 16.1 Å².